The Balaban J connectivity index is 1.90. The number of piperidine rings is 1. The van der Waals surface area contributed by atoms with Crippen molar-refractivity contribution >= 4 is 17.8 Å². The second kappa shape index (κ2) is 13.1. The summed E-state index contributed by atoms with van der Waals surface area (Å²) >= 11 is 0. The zero-order valence-electron chi connectivity index (χ0n) is 20.2. The maximum absolute atomic E-state index is 13.7. The molecule has 0 radical (unpaired) electrons. The van der Waals surface area contributed by atoms with Crippen LogP contribution >= 0.6 is 0 Å². The molecule has 8 nitrogen and oxygen atoms in total. The molecule has 3 amide bonds. The molecular formula is C26H38N6O2. The molecule has 1 aromatic rings. The summed E-state index contributed by atoms with van der Waals surface area (Å²) in [4.78, 5) is 30.9. The van der Waals surface area contributed by atoms with E-state index in [1.54, 1.807) is 0 Å². The van der Waals surface area contributed by atoms with Crippen LogP contribution in [0.3, 0.4) is 0 Å². The number of rotatable bonds is 8. The van der Waals surface area contributed by atoms with Crippen molar-refractivity contribution in [2.75, 3.05) is 19.6 Å². The molecule has 1 saturated heterocycles. The SMILES string of the molecule is CCNC(=O)NC(=NC(CC1CCCCC1)C(=O)NC1(CC#N)CCNCC1)c1ccccc1. The van der Waals surface area contributed by atoms with E-state index in [4.69, 9.17) is 4.99 Å². The molecule has 1 unspecified atom stereocenters. The number of nitrogens with one attached hydrogen (secondary N) is 4. The number of benzene rings is 1. The number of amides is 3. The fourth-order valence-corrected chi connectivity index (χ4v) is 4.95. The zero-order valence-corrected chi connectivity index (χ0v) is 20.2. The number of carbonyl (C=O) groups is 2. The number of carbonyl (C=O) groups excluding carboxylic acids is 2. The number of nitrogens with zero attached hydrogens (tertiary/aromatic N) is 2. The number of nitriles is 1. The van der Waals surface area contributed by atoms with Crippen molar-refractivity contribution in [1.82, 2.24) is 21.3 Å². The van der Waals surface area contributed by atoms with Crippen molar-refractivity contribution in [3.8, 4) is 6.07 Å². The third-order valence-electron chi connectivity index (χ3n) is 6.85. The van der Waals surface area contributed by atoms with Gasteiger partial charge in [0.1, 0.15) is 11.9 Å². The van der Waals surface area contributed by atoms with Gasteiger partial charge in [0.25, 0.3) is 0 Å². The first-order chi connectivity index (χ1) is 16.5. The molecule has 4 N–H and O–H groups in total. The van der Waals surface area contributed by atoms with Gasteiger partial charge >= 0.3 is 6.03 Å². The van der Waals surface area contributed by atoms with Crippen LogP contribution in [0.5, 0.6) is 0 Å². The van der Waals surface area contributed by atoms with Crippen molar-refractivity contribution in [1.29, 1.82) is 5.26 Å². The highest BCUT2D eigenvalue weighted by molar-refractivity contribution is 6.08. The van der Waals surface area contributed by atoms with E-state index in [1.807, 2.05) is 37.3 Å². The summed E-state index contributed by atoms with van der Waals surface area (Å²) in [6.45, 7) is 3.88. The molecule has 1 saturated carbocycles. The maximum atomic E-state index is 13.7. The Bertz CT molecular complexity index is 867. The van der Waals surface area contributed by atoms with Gasteiger partial charge in [0.15, 0.2) is 0 Å². The van der Waals surface area contributed by atoms with Gasteiger partial charge in [-0.25, -0.2) is 4.79 Å². The van der Waals surface area contributed by atoms with Gasteiger partial charge in [-0.1, -0.05) is 62.4 Å². The van der Waals surface area contributed by atoms with E-state index in [0.29, 0.717) is 24.7 Å². The summed E-state index contributed by atoms with van der Waals surface area (Å²) in [7, 11) is 0. The first-order valence-corrected chi connectivity index (χ1v) is 12.6. The van der Waals surface area contributed by atoms with Crippen molar-refractivity contribution in [3.63, 3.8) is 0 Å². The third-order valence-corrected chi connectivity index (χ3v) is 6.85. The predicted molar refractivity (Wildman–Crippen MR) is 133 cm³/mol. The largest absolute Gasteiger partial charge is 0.348 e. The van der Waals surface area contributed by atoms with Crippen LogP contribution in [0.4, 0.5) is 4.79 Å². The van der Waals surface area contributed by atoms with E-state index >= 15 is 0 Å². The molecule has 2 fully saturated rings. The highest BCUT2D eigenvalue weighted by Gasteiger charge is 2.36. The van der Waals surface area contributed by atoms with Crippen LogP contribution in [0.2, 0.25) is 0 Å². The number of urea groups is 1. The minimum absolute atomic E-state index is 0.158. The first-order valence-electron chi connectivity index (χ1n) is 12.6. The van der Waals surface area contributed by atoms with E-state index in [0.717, 1.165) is 44.3 Å². The summed E-state index contributed by atoms with van der Waals surface area (Å²) in [5, 5.41) is 21.6. The lowest BCUT2D eigenvalue weighted by Crippen LogP contribution is -2.56. The van der Waals surface area contributed by atoms with Gasteiger partial charge in [0.2, 0.25) is 5.91 Å². The average Bonchev–Trinajstić information content (AvgIpc) is 2.85. The first kappa shape index (κ1) is 25.7. The van der Waals surface area contributed by atoms with Crippen molar-refractivity contribution < 1.29 is 9.59 Å². The Morgan fingerprint density at radius 2 is 1.88 bits per heavy atom. The van der Waals surface area contributed by atoms with Gasteiger partial charge in [-0.05, 0) is 45.2 Å². The average molecular weight is 467 g/mol. The molecule has 1 aliphatic carbocycles. The molecule has 1 aromatic carbocycles. The highest BCUT2D eigenvalue weighted by Crippen LogP contribution is 2.29. The minimum atomic E-state index is -0.634. The number of aliphatic imine (C=N–C) groups is 1. The second-order valence-corrected chi connectivity index (χ2v) is 9.44. The quantitative estimate of drug-likeness (QED) is 0.347. The summed E-state index contributed by atoms with van der Waals surface area (Å²) in [6, 6.07) is 10.7. The van der Waals surface area contributed by atoms with E-state index in [2.05, 4.69) is 27.3 Å². The van der Waals surface area contributed by atoms with Gasteiger partial charge < -0.3 is 16.0 Å². The van der Waals surface area contributed by atoms with Gasteiger partial charge in [-0.3, -0.25) is 15.1 Å². The fraction of sp³-hybridized carbons (Fsp3) is 0.615. The van der Waals surface area contributed by atoms with Crippen LogP contribution in [-0.2, 0) is 4.79 Å². The summed E-state index contributed by atoms with van der Waals surface area (Å²) < 4.78 is 0. The van der Waals surface area contributed by atoms with Crippen LogP contribution in [0.25, 0.3) is 0 Å². The van der Waals surface area contributed by atoms with Crippen LogP contribution in [0, 0.1) is 17.2 Å². The number of amidine groups is 1. The molecule has 2 aliphatic rings. The Morgan fingerprint density at radius 1 is 1.18 bits per heavy atom. The Morgan fingerprint density at radius 3 is 2.53 bits per heavy atom. The molecule has 1 heterocycles. The Labute approximate surface area is 203 Å². The van der Waals surface area contributed by atoms with Crippen LogP contribution in [-0.4, -0.2) is 49.0 Å². The normalized spacial score (nSPS) is 19.5. The van der Waals surface area contributed by atoms with Crippen LogP contribution in [0.1, 0.15) is 70.3 Å². The molecular weight excluding hydrogens is 428 g/mol. The number of hydrogen-bond acceptors (Lipinski definition) is 5. The van der Waals surface area contributed by atoms with Crippen molar-refractivity contribution in [2.45, 2.75) is 76.3 Å². The number of hydrogen-bond donors (Lipinski definition) is 4. The lowest BCUT2D eigenvalue weighted by atomic mass is 9.83. The van der Waals surface area contributed by atoms with Crippen molar-refractivity contribution in [2.24, 2.45) is 10.9 Å². The molecule has 1 aliphatic heterocycles. The fourth-order valence-electron chi connectivity index (χ4n) is 4.95. The lowest BCUT2D eigenvalue weighted by molar-refractivity contribution is -0.125. The molecule has 0 spiro atoms. The Hall–Kier alpha value is -2.92. The van der Waals surface area contributed by atoms with Gasteiger partial charge in [0.05, 0.1) is 18.0 Å². The summed E-state index contributed by atoms with van der Waals surface area (Å²) in [6.07, 6.45) is 8.13. The molecule has 184 valence electrons. The van der Waals surface area contributed by atoms with Crippen LogP contribution < -0.4 is 21.3 Å². The smallest absolute Gasteiger partial charge is 0.320 e. The minimum Gasteiger partial charge on any atom is -0.348 e. The van der Waals surface area contributed by atoms with E-state index in [9.17, 15) is 14.9 Å². The van der Waals surface area contributed by atoms with Gasteiger partial charge in [-0.15, -0.1) is 0 Å². The molecule has 3 rings (SSSR count). The standard InChI is InChI=1S/C26H38N6O2/c1-2-29-25(34)31-23(21-11-7-4-8-12-21)30-22(19-20-9-5-3-6-10-20)24(33)32-26(13-16-27)14-17-28-18-15-26/h4,7-8,11-12,20,22,28H,2-3,5-6,9-10,13-15,17-19H2,1H3,(H,32,33)(H2,29,30,31,34). The molecule has 34 heavy (non-hydrogen) atoms. The van der Waals surface area contributed by atoms with E-state index < -0.39 is 11.6 Å². The van der Waals surface area contributed by atoms with Crippen LogP contribution in [0.15, 0.2) is 35.3 Å². The van der Waals surface area contributed by atoms with Gasteiger partial charge in [-0.2, -0.15) is 5.26 Å². The predicted octanol–water partition coefficient (Wildman–Crippen LogP) is 3.24. The van der Waals surface area contributed by atoms with Gasteiger partial charge in [0, 0.05) is 12.1 Å². The topological polar surface area (TPSA) is 118 Å². The molecule has 8 heteroatoms. The zero-order chi connectivity index (χ0) is 24.2. The highest BCUT2D eigenvalue weighted by atomic mass is 16.2. The molecule has 0 aromatic heterocycles. The third kappa shape index (κ3) is 7.56. The summed E-state index contributed by atoms with van der Waals surface area (Å²) in [5.41, 5.74) is 0.223. The van der Waals surface area contributed by atoms with E-state index in [1.165, 1.54) is 19.3 Å². The molecule has 0 bridgehead atoms. The summed E-state index contributed by atoms with van der Waals surface area (Å²) in [5.74, 6) is 0.658. The maximum Gasteiger partial charge on any atom is 0.320 e. The molecule has 1 atom stereocenters. The monoisotopic (exact) mass is 466 g/mol. The second-order valence-electron chi connectivity index (χ2n) is 9.44. The van der Waals surface area contributed by atoms with E-state index in [-0.39, 0.29) is 18.4 Å². The van der Waals surface area contributed by atoms with Crippen molar-refractivity contribution in [3.05, 3.63) is 35.9 Å². The lowest BCUT2D eigenvalue weighted by Gasteiger charge is -2.37. The Kier molecular flexibility index (Phi) is 9.89.